The number of hydrogen-bond acceptors (Lipinski definition) is 3. The van der Waals surface area contributed by atoms with E-state index in [1.807, 2.05) is 23.5 Å². The lowest BCUT2D eigenvalue weighted by Gasteiger charge is -2.17. The quantitative estimate of drug-likeness (QED) is 0.649. The largest absolute Gasteiger partial charge is 0.302 e. The molecule has 0 radical (unpaired) electrons. The first-order valence-corrected chi connectivity index (χ1v) is 6.16. The van der Waals surface area contributed by atoms with Crippen LogP contribution in [0.4, 0.5) is 0 Å². The Bertz CT molecular complexity index is 76.0. The maximum Gasteiger partial charge on any atom is 0.0622 e. The van der Waals surface area contributed by atoms with Gasteiger partial charge < -0.3 is 5.32 Å². The second-order valence-corrected chi connectivity index (χ2v) is 4.45. The molecule has 0 aliphatic heterocycles. The van der Waals surface area contributed by atoms with Crippen molar-refractivity contribution in [3.63, 3.8) is 0 Å². The van der Waals surface area contributed by atoms with Crippen molar-refractivity contribution in [1.82, 2.24) is 5.32 Å². The molecule has 0 rings (SSSR count). The molecule has 1 atom stereocenters. The van der Waals surface area contributed by atoms with E-state index >= 15 is 0 Å². The molecule has 10 heavy (non-hydrogen) atoms. The van der Waals surface area contributed by atoms with Crippen molar-refractivity contribution < 1.29 is 0 Å². The molecule has 0 saturated heterocycles. The first kappa shape index (κ1) is 10.7. The molecular formula is C7H17NS2. The van der Waals surface area contributed by atoms with Crippen LogP contribution >= 0.6 is 23.5 Å². The van der Waals surface area contributed by atoms with Crippen molar-refractivity contribution >= 4 is 23.5 Å². The summed E-state index contributed by atoms with van der Waals surface area (Å²) >= 11 is 3.78. The van der Waals surface area contributed by atoms with Crippen LogP contribution in [0.15, 0.2) is 0 Å². The normalized spacial score (nSPS) is 14.1. The molecule has 0 aromatic heterocycles. The predicted octanol–water partition coefficient (Wildman–Crippen LogP) is 2.04. The standard InChI is InChI=1S/C7H17NS2/c1-6(2)8-7(10-4)5-9-3/h6-8H,5H2,1-4H3. The van der Waals surface area contributed by atoms with Crippen LogP contribution in [0.2, 0.25) is 0 Å². The van der Waals surface area contributed by atoms with Crippen LogP contribution in [0, 0.1) is 0 Å². The molecule has 0 aromatic carbocycles. The van der Waals surface area contributed by atoms with Crippen LogP contribution < -0.4 is 5.32 Å². The molecule has 0 amide bonds. The first-order chi connectivity index (χ1) is 4.70. The van der Waals surface area contributed by atoms with Crippen molar-refractivity contribution in [2.24, 2.45) is 0 Å². The van der Waals surface area contributed by atoms with Gasteiger partial charge in [0.25, 0.3) is 0 Å². The maximum atomic E-state index is 3.47. The van der Waals surface area contributed by atoms with E-state index in [0.29, 0.717) is 11.4 Å². The summed E-state index contributed by atoms with van der Waals surface area (Å²) in [5.41, 5.74) is 0. The summed E-state index contributed by atoms with van der Waals surface area (Å²) in [4.78, 5) is 0. The molecule has 0 aliphatic carbocycles. The average molecular weight is 179 g/mol. The zero-order chi connectivity index (χ0) is 7.98. The highest BCUT2D eigenvalue weighted by Crippen LogP contribution is 2.09. The third-order valence-corrected chi connectivity index (χ3v) is 2.87. The van der Waals surface area contributed by atoms with Gasteiger partial charge in [-0.05, 0) is 26.4 Å². The predicted molar refractivity (Wildman–Crippen MR) is 54.0 cm³/mol. The minimum absolute atomic E-state index is 0.601. The van der Waals surface area contributed by atoms with Gasteiger partial charge in [0, 0.05) is 11.8 Å². The lowest BCUT2D eigenvalue weighted by molar-refractivity contribution is 0.591. The summed E-state index contributed by atoms with van der Waals surface area (Å²) in [6.45, 7) is 4.37. The molecule has 0 aliphatic rings. The highest BCUT2D eigenvalue weighted by atomic mass is 32.2. The summed E-state index contributed by atoms with van der Waals surface area (Å²) in [7, 11) is 0. The van der Waals surface area contributed by atoms with Gasteiger partial charge in [-0.15, -0.1) is 11.8 Å². The van der Waals surface area contributed by atoms with Crippen LogP contribution in [0.25, 0.3) is 0 Å². The van der Waals surface area contributed by atoms with E-state index in [9.17, 15) is 0 Å². The molecular weight excluding hydrogens is 162 g/mol. The zero-order valence-electron chi connectivity index (χ0n) is 7.18. The van der Waals surface area contributed by atoms with Crippen molar-refractivity contribution in [2.45, 2.75) is 25.3 Å². The van der Waals surface area contributed by atoms with Gasteiger partial charge in [-0.3, -0.25) is 0 Å². The Morgan fingerprint density at radius 2 is 1.90 bits per heavy atom. The van der Waals surface area contributed by atoms with Crippen LogP contribution in [0.3, 0.4) is 0 Å². The number of nitrogens with one attached hydrogen (secondary N) is 1. The molecule has 0 heterocycles. The monoisotopic (exact) mass is 179 g/mol. The average Bonchev–Trinajstić information content (AvgIpc) is 1.86. The molecule has 0 bridgehead atoms. The molecule has 1 N–H and O–H groups in total. The lowest BCUT2D eigenvalue weighted by Crippen LogP contribution is -2.33. The Morgan fingerprint density at radius 1 is 1.30 bits per heavy atom. The zero-order valence-corrected chi connectivity index (χ0v) is 8.81. The molecule has 0 aromatic rings. The summed E-state index contributed by atoms with van der Waals surface area (Å²) in [6.07, 6.45) is 4.29. The number of hydrogen-bond donors (Lipinski definition) is 1. The summed E-state index contributed by atoms with van der Waals surface area (Å²) < 4.78 is 0. The second kappa shape index (κ2) is 6.38. The van der Waals surface area contributed by atoms with E-state index in [4.69, 9.17) is 0 Å². The van der Waals surface area contributed by atoms with Gasteiger partial charge in [0.1, 0.15) is 0 Å². The van der Waals surface area contributed by atoms with Gasteiger partial charge in [-0.2, -0.15) is 11.8 Å². The fourth-order valence-electron chi connectivity index (χ4n) is 0.707. The SMILES string of the molecule is CSCC(NC(C)C)SC. The van der Waals surface area contributed by atoms with Gasteiger partial charge >= 0.3 is 0 Å². The van der Waals surface area contributed by atoms with E-state index in [-0.39, 0.29) is 0 Å². The Labute approximate surface area is 72.7 Å². The van der Waals surface area contributed by atoms with Gasteiger partial charge in [0.2, 0.25) is 0 Å². The maximum absolute atomic E-state index is 3.47. The van der Waals surface area contributed by atoms with E-state index in [1.54, 1.807) is 0 Å². The van der Waals surface area contributed by atoms with Crippen LogP contribution in [-0.4, -0.2) is 29.7 Å². The topological polar surface area (TPSA) is 12.0 Å². The molecule has 62 valence electrons. The van der Waals surface area contributed by atoms with Crippen molar-refractivity contribution in [1.29, 1.82) is 0 Å². The van der Waals surface area contributed by atoms with Gasteiger partial charge in [-0.25, -0.2) is 0 Å². The highest BCUT2D eigenvalue weighted by Gasteiger charge is 2.05. The molecule has 0 fully saturated rings. The molecule has 1 nitrogen and oxygen atoms in total. The van der Waals surface area contributed by atoms with E-state index < -0.39 is 0 Å². The van der Waals surface area contributed by atoms with E-state index in [1.165, 1.54) is 5.75 Å². The lowest BCUT2D eigenvalue weighted by atomic mass is 10.4. The van der Waals surface area contributed by atoms with Gasteiger partial charge in [0.15, 0.2) is 0 Å². The third-order valence-electron chi connectivity index (χ3n) is 1.12. The molecule has 3 heteroatoms. The smallest absolute Gasteiger partial charge is 0.0622 e. The number of rotatable bonds is 5. The Kier molecular flexibility index (Phi) is 6.80. The van der Waals surface area contributed by atoms with Gasteiger partial charge in [-0.1, -0.05) is 0 Å². The molecule has 0 saturated carbocycles. The Balaban J connectivity index is 3.39. The Morgan fingerprint density at radius 3 is 2.20 bits per heavy atom. The van der Waals surface area contributed by atoms with Crippen LogP contribution in [0.1, 0.15) is 13.8 Å². The van der Waals surface area contributed by atoms with Crippen molar-refractivity contribution in [3.8, 4) is 0 Å². The molecule has 0 spiro atoms. The number of thioether (sulfide) groups is 2. The van der Waals surface area contributed by atoms with E-state index in [0.717, 1.165) is 0 Å². The van der Waals surface area contributed by atoms with Crippen LogP contribution in [0.5, 0.6) is 0 Å². The highest BCUT2D eigenvalue weighted by molar-refractivity contribution is 8.02. The van der Waals surface area contributed by atoms with Crippen molar-refractivity contribution in [2.75, 3.05) is 18.3 Å². The summed E-state index contributed by atoms with van der Waals surface area (Å²) in [5, 5.41) is 4.09. The Hall–Kier alpha value is 0.660. The van der Waals surface area contributed by atoms with Crippen LogP contribution in [-0.2, 0) is 0 Å². The second-order valence-electron chi connectivity index (χ2n) is 2.50. The minimum atomic E-state index is 0.601. The van der Waals surface area contributed by atoms with Gasteiger partial charge in [0.05, 0.1) is 5.37 Å². The first-order valence-electron chi connectivity index (χ1n) is 3.48. The fourth-order valence-corrected chi connectivity index (χ4v) is 2.47. The van der Waals surface area contributed by atoms with E-state index in [2.05, 4.69) is 31.7 Å². The third kappa shape index (κ3) is 5.45. The minimum Gasteiger partial charge on any atom is -0.302 e. The molecule has 1 unspecified atom stereocenters. The van der Waals surface area contributed by atoms with Crippen molar-refractivity contribution in [3.05, 3.63) is 0 Å². The summed E-state index contributed by atoms with van der Waals surface area (Å²) in [5.74, 6) is 1.19. The summed E-state index contributed by atoms with van der Waals surface area (Å²) in [6, 6.07) is 0.601. The fraction of sp³-hybridized carbons (Fsp3) is 1.00.